The van der Waals surface area contributed by atoms with Crippen molar-refractivity contribution in [2.24, 2.45) is 11.3 Å². The van der Waals surface area contributed by atoms with Crippen LogP contribution in [0, 0.1) is 11.3 Å². The Bertz CT molecular complexity index is 670. The summed E-state index contributed by atoms with van der Waals surface area (Å²) in [5.74, 6) is 1.76. The Labute approximate surface area is 138 Å². The van der Waals surface area contributed by atoms with Gasteiger partial charge in [0.2, 0.25) is 0 Å². The molecule has 0 aliphatic heterocycles. The van der Waals surface area contributed by atoms with E-state index in [0.717, 1.165) is 32.1 Å². The average Bonchev–Trinajstić information content (AvgIpc) is 2.83. The minimum Gasteiger partial charge on any atom is -0.508 e. The molecule has 0 unspecified atom stereocenters. The summed E-state index contributed by atoms with van der Waals surface area (Å²) in [5.41, 5.74) is 4.03. The number of allylic oxidation sites excluding steroid dienone is 3. The lowest BCUT2D eigenvalue weighted by Crippen LogP contribution is -2.37. The second-order valence-corrected chi connectivity index (χ2v) is 7.22. The fraction of sp³-hybridized carbons (Fsp3) is 0.476. The van der Waals surface area contributed by atoms with Gasteiger partial charge in [-0.15, -0.1) is 6.58 Å². The minimum atomic E-state index is -0.100. The lowest BCUT2D eigenvalue weighted by atomic mass is 9.60. The number of rotatable bonds is 0. The van der Waals surface area contributed by atoms with Crippen molar-refractivity contribution in [2.75, 3.05) is 0 Å². The second-order valence-electron chi connectivity index (χ2n) is 7.22. The Morgan fingerprint density at radius 1 is 1.35 bits per heavy atom. The third kappa shape index (κ3) is 2.54. The lowest BCUT2D eigenvalue weighted by Gasteiger charge is -2.43. The molecule has 0 spiro atoms. The van der Waals surface area contributed by atoms with E-state index < -0.39 is 0 Å². The summed E-state index contributed by atoms with van der Waals surface area (Å²) in [6, 6.07) is 5.79. The molecule has 3 aliphatic carbocycles. The quantitative estimate of drug-likeness (QED) is 0.690. The normalized spacial score (nSPS) is 31.0. The average molecular weight is 310 g/mol. The molecule has 0 bridgehead atoms. The maximum atomic E-state index is 12.2. The summed E-state index contributed by atoms with van der Waals surface area (Å²) in [6.45, 7) is 7.43. The maximum Gasteiger partial charge on any atom is 0.139 e. The van der Waals surface area contributed by atoms with Gasteiger partial charge in [-0.2, -0.15) is 0 Å². The molecule has 4 rings (SSSR count). The summed E-state index contributed by atoms with van der Waals surface area (Å²) in [7, 11) is 0. The van der Waals surface area contributed by atoms with Gasteiger partial charge in [0.15, 0.2) is 0 Å². The van der Waals surface area contributed by atoms with E-state index in [9.17, 15) is 9.90 Å². The van der Waals surface area contributed by atoms with E-state index in [-0.39, 0.29) is 5.41 Å². The highest BCUT2D eigenvalue weighted by Crippen LogP contribution is 2.57. The number of phenols is 1. The first-order valence-corrected chi connectivity index (χ1v) is 8.63. The standard InChI is InChI=1S/C18H20O2.C3H6/c1-18-9-8-14-13-5-3-12(19)10-11(13)2-4-15(14)16(18)6-7-17(18)20;1-3-2/h3-5,10,14,16,19H,2,6-9H2,1H3;3H,1H2,2H3/t14-,16+,18+;/m1./s1. The number of phenolic OH excluding ortho intramolecular Hbond substituents is 1. The molecule has 3 aliphatic rings. The molecule has 23 heavy (non-hydrogen) atoms. The first-order chi connectivity index (χ1) is 11.0. The zero-order valence-electron chi connectivity index (χ0n) is 14.1. The highest BCUT2D eigenvalue weighted by atomic mass is 16.3. The maximum absolute atomic E-state index is 12.2. The molecule has 2 fully saturated rings. The van der Waals surface area contributed by atoms with Crippen LogP contribution < -0.4 is 0 Å². The summed E-state index contributed by atoms with van der Waals surface area (Å²) in [5, 5.41) is 9.64. The molecule has 2 heteroatoms. The van der Waals surface area contributed by atoms with E-state index in [1.165, 1.54) is 16.7 Å². The molecule has 2 nitrogen and oxygen atoms in total. The van der Waals surface area contributed by atoms with E-state index in [1.807, 2.05) is 13.0 Å². The van der Waals surface area contributed by atoms with Crippen LogP contribution in [-0.4, -0.2) is 10.9 Å². The number of carbonyl (C=O) groups excluding carboxylic acids is 1. The summed E-state index contributed by atoms with van der Waals surface area (Å²) >= 11 is 0. The number of Topliss-reactive ketones (excluding diaryl/α,β-unsaturated/α-hetero) is 1. The first-order valence-electron chi connectivity index (χ1n) is 8.63. The molecule has 0 heterocycles. The van der Waals surface area contributed by atoms with Crippen LogP contribution in [0.5, 0.6) is 5.75 Å². The van der Waals surface area contributed by atoms with E-state index >= 15 is 0 Å². The van der Waals surface area contributed by atoms with Crippen molar-refractivity contribution in [2.45, 2.75) is 51.9 Å². The van der Waals surface area contributed by atoms with Crippen molar-refractivity contribution in [3.63, 3.8) is 0 Å². The number of benzene rings is 1. The van der Waals surface area contributed by atoms with Crippen LogP contribution in [0.25, 0.3) is 0 Å². The van der Waals surface area contributed by atoms with Crippen LogP contribution in [0.4, 0.5) is 0 Å². The van der Waals surface area contributed by atoms with Crippen LogP contribution in [-0.2, 0) is 11.2 Å². The number of fused-ring (bicyclic) bond motifs is 5. The Kier molecular flexibility index (Phi) is 4.18. The van der Waals surface area contributed by atoms with Crippen molar-refractivity contribution in [3.8, 4) is 5.75 Å². The fourth-order valence-electron chi connectivity index (χ4n) is 4.73. The highest BCUT2D eigenvalue weighted by molar-refractivity contribution is 5.88. The molecular weight excluding hydrogens is 284 g/mol. The SMILES string of the molecule is C=CC.C[C@]12CC[C@H]3C(=CCc4cc(O)ccc43)[C@@H]1CCC2=O. The zero-order valence-corrected chi connectivity index (χ0v) is 14.1. The Balaban J connectivity index is 0.000000485. The number of ketones is 1. The molecule has 1 N–H and O–H groups in total. The number of carbonyl (C=O) groups is 1. The molecular formula is C21H26O2. The molecule has 0 saturated heterocycles. The van der Waals surface area contributed by atoms with Crippen molar-refractivity contribution in [1.82, 2.24) is 0 Å². The largest absolute Gasteiger partial charge is 0.508 e. The smallest absolute Gasteiger partial charge is 0.139 e. The van der Waals surface area contributed by atoms with Crippen LogP contribution in [0.15, 0.2) is 42.5 Å². The van der Waals surface area contributed by atoms with E-state index in [0.29, 0.717) is 23.4 Å². The van der Waals surface area contributed by atoms with Crippen LogP contribution in [0.1, 0.15) is 56.6 Å². The molecule has 0 radical (unpaired) electrons. The van der Waals surface area contributed by atoms with E-state index in [4.69, 9.17) is 0 Å². The molecule has 122 valence electrons. The third-order valence-electron chi connectivity index (χ3n) is 5.88. The highest BCUT2D eigenvalue weighted by Gasteiger charge is 2.52. The predicted octanol–water partition coefficient (Wildman–Crippen LogP) is 4.93. The predicted molar refractivity (Wildman–Crippen MR) is 93.6 cm³/mol. The molecule has 3 atom stereocenters. The second kappa shape index (κ2) is 5.99. The number of hydrogen-bond donors (Lipinski definition) is 1. The fourth-order valence-corrected chi connectivity index (χ4v) is 4.73. The van der Waals surface area contributed by atoms with Gasteiger partial charge in [-0.1, -0.05) is 30.7 Å². The van der Waals surface area contributed by atoms with Gasteiger partial charge in [0, 0.05) is 17.8 Å². The lowest BCUT2D eigenvalue weighted by molar-refractivity contribution is -0.126. The molecule has 2 saturated carbocycles. The Morgan fingerprint density at radius 3 is 2.83 bits per heavy atom. The molecule has 1 aromatic rings. The van der Waals surface area contributed by atoms with Crippen molar-refractivity contribution < 1.29 is 9.90 Å². The minimum absolute atomic E-state index is 0.100. The van der Waals surface area contributed by atoms with Gasteiger partial charge in [0.05, 0.1) is 0 Å². The number of hydrogen-bond acceptors (Lipinski definition) is 2. The van der Waals surface area contributed by atoms with Crippen LogP contribution in [0.3, 0.4) is 0 Å². The molecule has 0 aromatic heterocycles. The van der Waals surface area contributed by atoms with Gasteiger partial charge in [-0.05, 0) is 61.8 Å². The Hall–Kier alpha value is -1.83. The van der Waals surface area contributed by atoms with Gasteiger partial charge in [0.25, 0.3) is 0 Å². The zero-order chi connectivity index (χ0) is 16.6. The number of aromatic hydroxyl groups is 1. The summed E-state index contributed by atoms with van der Waals surface area (Å²) in [6.07, 6.45) is 8.86. The van der Waals surface area contributed by atoms with Gasteiger partial charge >= 0.3 is 0 Å². The topological polar surface area (TPSA) is 37.3 Å². The summed E-state index contributed by atoms with van der Waals surface area (Å²) < 4.78 is 0. The van der Waals surface area contributed by atoms with Crippen molar-refractivity contribution in [3.05, 3.63) is 53.6 Å². The van der Waals surface area contributed by atoms with Gasteiger partial charge in [-0.3, -0.25) is 4.79 Å². The van der Waals surface area contributed by atoms with Crippen LogP contribution >= 0.6 is 0 Å². The van der Waals surface area contributed by atoms with Gasteiger partial charge in [-0.25, -0.2) is 0 Å². The Morgan fingerprint density at radius 2 is 2.09 bits per heavy atom. The molecule has 1 aromatic carbocycles. The van der Waals surface area contributed by atoms with Crippen molar-refractivity contribution in [1.29, 1.82) is 0 Å². The first kappa shape index (κ1) is 16.0. The van der Waals surface area contributed by atoms with Gasteiger partial charge < -0.3 is 5.11 Å². The van der Waals surface area contributed by atoms with E-state index in [2.05, 4.69) is 25.6 Å². The third-order valence-corrected chi connectivity index (χ3v) is 5.88. The molecule has 0 amide bonds. The van der Waals surface area contributed by atoms with Crippen LogP contribution in [0.2, 0.25) is 0 Å². The van der Waals surface area contributed by atoms with E-state index in [1.54, 1.807) is 12.1 Å². The monoisotopic (exact) mass is 310 g/mol. The summed E-state index contributed by atoms with van der Waals surface area (Å²) in [4.78, 5) is 12.2. The van der Waals surface area contributed by atoms with Gasteiger partial charge in [0.1, 0.15) is 11.5 Å². The van der Waals surface area contributed by atoms with Crippen molar-refractivity contribution >= 4 is 5.78 Å².